The molecule has 0 aromatic carbocycles. The van der Waals surface area contributed by atoms with Crippen LogP contribution in [0.4, 0.5) is 0 Å². The molecular formula is C87H118N2O2S8. The molecule has 0 spiro atoms. The molecule has 536 valence electrons. The quantitative estimate of drug-likeness (QED) is 0.0358. The first-order chi connectivity index (χ1) is 47.9. The van der Waals surface area contributed by atoms with Crippen molar-refractivity contribution < 1.29 is 9.59 Å². The van der Waals surface area contributed by atoms with Crippen LogP contribution in [0.5, 0.6) is 0 Å². The van der Waals surface area contributed by atoms with Crippen molar-refractivity contribution in [2.45, 2.75) is 294 Å². The van der Waals surface area contributed by atoms with Crippen LogP contribution in [-0.4, -0.2) is 34.7 Å². The van der Waals surface area contributed by atoms with Gasteiger partial charge >= 0.3 is 0 Å². The molecule has 12 heteroatoms. The first kappa shape index (κ1) is 77.6. The Labute approximate surface area is 630 Å². The lowest BCUT2D eigenvalue weighted by atomic mass is 9.90. The van der Waals surface area contributed by atoms with E-state index in [1.165, 1.54) is 200 Å². The number of carbonyl (C=O) groups excluding carboxylic acids is 2. The van der Waals surface area contributed by atoms with E-state index in [0.29, 0.717) is 36.1 Å². The van der Waals surface area contributed by atoms with Gasteiger partial charge in [-0.15, -0.1) is 90.7 Å². The van der Waals surface area contributed by atoms with E-state index in [2.05, 4.69) is 180 Å². The van der Waals surface area contributed by atoms with E-state index >= 15 is 9.59 Å². The number of carbonyl (C=O) groups is 2. The molecule has 2 aliphatic rings. The fourth-order valence-electron chi connectivity index (χ4n) is 14.9. The highest BCUT2D eigenvalue weighted by molar-refractivity contribution is 7.31. The van der Waals surface area contributed by atoms with E-state index in [1.54, 1.807) is 22.7 Å². The zero-order valence-electron chi connectivity index (χ0n) is 63.0. The van der Waals surface area contributed by atoms with Crippen LogP contribution < -0.4 is 0 Å². The number of amides is 2. The molecule has 4 nitrogen and oxygen atoms in total. The first-order valence-electron chi connectivity index (χ1n) is 38.9. The molecule has 0 N–H and O–H groups in total. The van der Waals surface area contributed by atoms with Gasteiger partial charge in [-0.25, -0.2) is 0 Å². The second kappa shape index (κ2) is 36.6. The summed E-state index contributed by atoms with van der Waals surface area (Å²) in [7, 11) is 0. The van der Waals surface area contributed by atoms with Crippen LogP contribution in [0.2, 0.25) is 0 Å². The van der Waals surface area contributed by atoms with E-state index in [1.807, 2.05) is 68.0 Å². The number of aryl methyl sites for hydroxylation is 4. The fraction of sp³-hybridized carbons (Fsp3) is 0.563. The molecule has 8 aromatic rings. The number of hydrogen-bond acceptors (Lipinski definition) is 10. The number of hydrogen-bond donors (Lipinski definition) is 0. The number of unbranched alkanes of at least 4 members (excludes halogenated alkanes) is 14. The second-order valence-corrected chi connectivity index (χ2v) is 39.3. The molecule has 0 fully saturated rings. The molecule has 0 saturated heterocycles. The molecule has 0 aliphatic carbocycles. The molecule has 2 unspecified atom stereocenters. The smallest absolute Gasteiger partial charge is 0.261 e. The molecule has 10 heterocycles. The van der Waals surface area contributed by atoms with Crippen molar-refractivity contribution in [3.05, 3.63) is 126 Å². The maximum atomic E-state index is 16.4. The summed E-state index contributed by atoms with van der Waals surface area (Å²) in [6.07, 6.45) is 34.0. The van der Waals surface area contributed by atoms with Crippen molar-refractivity contribution >= 4 is 114 Å². The maximum absolute atomic E-state index is 16.4. The summed E-state index contributed by atoms with van der Waals surface area (Å²) < 4.78 is 0. The van der Waals surface area contributed by atoms with Gasteiger partial charge in [-0.05, 0) is 169 Å². The Kier molecular flexibility index (Phi) is 28.7. The van der Waals surface area contributed by atoms with Crippen molar-refractivity contribution in [3.8, 4) is 58.5 Å². The summed E-state index contributed by atoms with van der Waals surface area (Å²) >= 11 is 15.4. The normalized spacial score (nSPS) is 14.4. The third kappa shape index (κ3) is 18.9. The molecular weight excluding hydrogens is 1360 g/mol. The van der Waals surface area contributed by atoms with Crippen LogP contribution >= 0.6 is 90.7 Å². The maximum Gasteiger partial charge on any atom is 0.261 e. The Morgan fingerprint density at radius 2 is 0.667 bits per heavy atom. The Balaban J connectivity index is 1.06. The fourth-order valence-corrected chi connectivity index (χ4v) is 24.8. The van der Waals surface area contributed by atoms with Crippen LogP contribution in [0.25, 0.3) is 69.9 Å². The summed E-state index contributed by atoms with van der Waals surface area (Å²) in [6, 6.07) is 28.6. The zero-order valence-corrected chi connectivity index (χ0v) is 69.5. The molecule has 0 bridgehead atoms. The third-order valence-corrected chi connectivity index (χ3v) is 31.4. The number of thiophene rings is 8. The number of rotatable bonds is 41. The zero-order chi connectivity index (χ0) is 70.4. The van der Waals surface area contributed by atoms with E-state index in [4.69, 9.17) is 0 Å². The topological polar surface area (TPSA) is 40.6 Å². The van der Waals surface area contributed by atoms with E-state index in [9.17, 15) is 0 Å². The Morgan fingerprint density at radius 1 is 0.323 bits per heavy atom. The van der Waals surface area contributed by atoms with Crippen molar-refractivity contribution in [3.63, 3.8) is 0 Å². The summed E-state index contributed by atoms with van der Waals surface area (Å²) in [4.78, 5) is 58.2. The third-order valence-electron chi connectivity index (χ3n) is 20.3. The number of fused-ring (bicyclic) bond motifs is 1. The van der Waals surface area contributed by atoms with Gasteiger partial charge in [0.25, 0.3) is 11.8 Å². The van der Waals surface area contributed by atoms with Gasteiger partial charge in [0.1, 0.15) is 0 Å². The lowest BCUT2D eigenvalue weighted by Gasteiger charge is -2.29. The highest BCUT2D eigenvalue weighted by Crippen LogP contribution is 2.55. The minimum atomic E-state index is 0.0323. The van der Waals surface area contributed by atoms with Crippen LogP contribution in [0, 0.1) is 11.8 Å². The van der Waals surface area contributed by atoms with Gasteiger partial charge in [0.15, 0.2) is 0 Å². The predicted molar refractivity (Wildman–Crippen MR) is 446 cm³/mol. The summed E-state index contributed by atoms with van der Waals surface area (Å²) in [5.41, 5.74) is 9.02. The van der Waals surface area contributed by atoms with Crippen molar-refractivity contribution in [1.82, 2.24) is 9.80 Å². The molecule has 2 aliphatic heterocycles. The average molecular weight is 1480 g/mol. The number of nitrogens with zero attached hydrogens (tertiary/aromatic N) is 2. The Bertz CT molecular complexity index is 3960. The van der Waals surface area contributed by atoms with Gasteiger partial charge in [0.05, 0.1) is 32.3 Å². The summed E-state index contributed by atoms with van der Waals surface area (Å²) in [5.74, 6) is 0.767. The molecule has 8 aromatic heterocycles. The Morgan fingerprint density at radius 3 is 1.12 bits per heavy atom. The van der Waals surface area contributed by atoms with Gasteiger partial charge in [-0.2, -0.15) is 0 Å². The van der Waals surface area contributed by atoms with Gasteiger partial charge < -0.3 is 9.80 Å². The summed E-state index contributed by atoms with van der Waals surface area (Å²) in [5, 5.41) is 0. The lowest BCUT2D eigenvalue weighted by Crippen LogP contribution is -2.34. The molecule has 0 saturated carbocycles. The highest BCUT2D eigenvalue weighted by atomic mass is 32.1. The van der Waals surface area contributed by atoms with Gasteiger partial charge in [-0.3, -0.25) is 9.59 Å². The van der Waals surface area contributed by atoms with Crippen molar-refractivity contribution in [1.29, 1.82) is 0 Å². The summed E-state index contributed by atoms with van der Waals surface area (Å²) in [6.45, 7) is 33.8. The van der Waals surface area contributed by atoms with Crippen LogP contribution in [0.3, 0.4) is 0 Å². The highest BCUT2D eigenvalue weighted by Gasteiger charge is 2.50. The first-order valence-corrected chi connectivity index (χ1v) is 45.5. The SMILES string of the molecule is CCCCCCCCC(CCCCCC)CN1C(=O)C2=C(c3ccc(-c4cc(CCC)c(C(C)(C)C)s4)s3)N(CC(CCCCC)CCCCCCC)C(=O)C2=C1c1ccc(-c2cc(CCC)c(-c3ccc(-c4cc(CCC)c(-c5sc(-c6ccc(C(C)(C)C)s6)cc5CC)s4)s3)s2)s1. The minimum absolute atomic E-state index is 0.0323. The monoisotopic (exact) mass is 1480 g/mol. The standard InChI is InChI=1S/C87H118N2O2S8/c1-15-23-27-30-32-36-43-59(41-34-29-25-17-3)57-89-78(76-77(85(89)91)79(88(84(76)90)56-58(40-33-26-18-4)42-35-31-28-24-16-2)69-48-45-66(93-69)74-55-63(39-21-7)83(99-74)87(12,13)14)68-47-44-64(92-68)72-53-61(37-19-5)80(96-72)70-49-46-65(94-70)73-54-62(38-20-6)82(98-73)81-60(22-8)52-71(97-81)67-50-51-75(95-67)86(9,10)11/h44-55,58-59H,15-43,56-57H2,1-14H3. The molecule has 2 amide bonds. The molecule has 0 radical (unpaired) electrons. The molecule has 2 atom stereocenters. The second-order valence-electron chi connectivity index (χ2n) is 30.7. The van der Waals surface area contributed by atoms with E-state index in [-0.39, 0.29) is 22.6 Å². The van der Waals surface area contributed by atoms with Crippen molar-refractivity contribution in [2.24, 2.45) is 11.8 Å². The van der Waals surface area contributed by atoms with E-state index in [0.717, 1.165) is 98.2 Å². The van der Waals surface area contributed by atoms with Gasteiger partial charge in [0, 0.05) is 81.4 Å². The van der Waals surface area contributed by atoms with Crippen molar-refractivity contribution in [2.75, 3.05) is 13.1 Å². The predicted octanol–water partition coefficient (Wildman–Crippen LogP) is 29.9. The lowest BCUT2D eigenvalue weighted by molar-refractivity contribution is -0.124. The molecule has 99 heavy (non-hydrogen) atoms. The van der Waals surface area contributed by atoms with Crippen LogP contribution in [0.15, 0.2) is 83.9 Å². The van der Waals surface area contributed by atoms with Gasteiger partial charge in [0.2, 0.25) is 0 Å². The Hall–Kier alpha value is -3.98. The molecule has 10 rings (SSSR count). The average Bonchev–Trinajstić information content (AvgIpc) is 1.55. The van der Waals surface area contributed by atoms with Crippen LogP contribution in [0.1, 0.15) is 299 Å². The minimum Gasteiger partial charge on any atom is -0.306 e. The largest absolute Gasteiger partial charge is 0.306 e. The van der Waals surface area contributed by atoms with Gasteiger partial charge in [-0.1, -0.05) is 232 Å². The van der Waals surface area contributed by atoms with Crippen LogP contribution in [-0.2, 0) is 46.1 Å². The van der Waals surface area contributed by atoms with E-state index < -0.39 is 0 Å².